The quantitative estimate of drug-likeness (QED) is 0.863. The fourth-order valence-electron chi connectivity index (χ4n) is 3.97. The number of nitrogens with zero attached hydrogens (tertiary/aromatic N) is 2. The van der Waals surface area contributed by atoms with Crippen LogP contribution in [0.2, 0.25) is 0 Å². The number of pyridine rings is 1. The van der Waals surface area contributed by atoms with Crippen molar-refractivity contribution in [2.45, 2.75) is 45.2 Å². The molecule has 2 aliphatic rings. The van der Waals surface area contributed by atoms with Crippen LogP contribution in [0.15, 0.2) is 23.0 Å². The third-order valence-corrected chi connectivity index (χ3v) is 5.52. The molecule has 1 aromatic heterocycles. The van der Waals surface area contributed by atoms with Crippen molar-refractivity contribution >= 4 is 12.0 Å². The summed E-state index contributed by atoms with van der Waals surface area (Å²) in [5.74, 6) is -0.787. The van der Waals surface area contributed by atoms with Crippen LogP contribution in [-0.4, -0.2) is 45.7 Å². The van der Waals surface area contributed by atoms with E-state index in [1.54, 1.807) is 17.0 Å². The predicted molar refractivity (Wildman–Crippen MR) is 92.5 cm³/mol. The Hall–Kier alpha value is -2.31. The van der Waals surface area contributed by atoms with E-state index in [-0.39, 0.29) is 29.3 Å². The van der Waals surface area contributed by atoms with Crippen LogP contribution in [0, 0.1) is 11.8 Å². The van der Waals surface area contributed by atoms with Crippen molar-refractivity contribution in [3.63, 3.8) is 0 Å². The minimum absolute atomic E-state index is 0.00723. The van der Waals surface area contributed by atoms with E-state index in [1.807, 2.05) is 24.5 Å². The second-order valence-corrected chi connectivity index (χ2v) is 7.25. The van der Waals surface area contributed by atoms with Gasteiger partial charge in [-0.25, -0.2) is 9.59 Å². The fourth-order valence-corrected chi connectivity index (χ4v) is 3.97. The molecule has 2 N–H and O–H groups in total. The third kappa shape index (κ3) is 3.41. The minimum Gasteiger partial charge on any atom is -0.480 e. The van der Waals surface area contributed by atoms with Crippen molar-refractivity contribution < 1.29 is 14.7 Å². The summed E-state index contributed by atoms with van der Waals surface area (Å²) in [6.07, 6.45) is 1.64. The molecule has 0 radical (unpaired) electrons. The lowest BCUT2D eigenvalue weighted by atomic mass is 9.83. The molecule has 0 spiro atoms. The summed E-state index contributed by atoms with van der Waals surface area (Å²) in [5, 5.41) is 12.1. The average molecular weight is 347 g/mol. The maximum atomic E-state index is 12.6. The van der Waals surface area contributed by atoms with Gasteiger partial charge in [-0.15, -0.1) is 0 Å². The van der Waals surface area contributed by atoms with Crippen LogP contribution in [0.5, 0.6) is 0 Å². The molecule has 3 rings (SSSR count). The first kappa shape index (κ1) is 17.5. The lowest BCUT2D eigenvalue weighted by molar-refractivity contribution is -0.140. The molecule has 4 atom stereocenters. The molecular weight excluding hydrogens is 322 g/mol. The summed E-state index contributed by atoms with van der Waals surface area (Å²) in [6, 6.07) is 4.07. The Balaban J connectivity index is 1.75. The van der Waals surface area contributed by atoms with Gasteiger partial charge in [0.2, 0.25) is 0 Å². The van der Waals surface area contributed by atoms with Gasteiger partial charge in [-0.2, -0.15) is 0 Å². The second kappa shape index (κ2) is 6.90. The Kier molecular flexibility index (Phi) is 4.83. The van der Waals surface area contributed by atoms with E-state index < -0.39 is 12.0 Å². The number of nitrogens with one attached hydrogen (secondary N) is 1. The fraction of sp³-hybridized carbons (Fsp3) is 0.611. The van der Waals surface area contributed by atoms with Gasteiger partial charge in [0.25, 0.3) is 5.56 Å². The summed E-state index contributed by atoms with van der Waals surface area (Å²) < 4.78 is 1.81. The number of urea groups is 1. The monoisotopic (exact) mass is 347 g/mol. The highest BCUT2D eigenvalue weighted by Crippen LogP contribution is 2.34. The molecule has 7 nitrogen and oxygen atoms in total. The van der Waals surface area contributed by atoms with Crippen LogP contribution >= 0.6 is 0 Å². The van der Waals surface area contributed by atoms with E-state index in [1.165, 1.54) is 0 Å². The van der Waals surface area contributed by atoms with Crippen molar-refractivity contribution in [3.8, 4) is 0 Å². The number of carbonyl (C=O) groups is 2. The SMILES string of the molecule is CCC(C)C(NC(=O)N1C[C@H]2C[C@@H](C1)c1cccc(=O)n1C2)C(=O)O. The van der Waals surface area contributed by atoms with Crippen LogP contribution in [0.4, 0.5) is 4.79 Å². The number of piperidine rings is 1. The van der Waals surface area contributed by atoms with E-state index in [9.17, 15) is 19.5 Å². The Morgan fingerprint density at radius 3 is 2.76 bits per heavy atom. The molecule has 2 unspecified atom stereocenters. The standard InChI is InChI=1S/C18H25N3O4/c1-3-11(2)16(17(23)24)19-18(25)20-8-12-7-13(10-20)14-5-4-6-15(22)21(14)9-12/h4-6,11-13,16H,3,7-10H2,1-2H3,(H,19,25)(H,23,24)/t11?,12-,13+,16?/m1/s1. The minimum atomic E-state index is -1.00. The van der Waals surface area contributed by atoms with Crippen LogP contribution in [-0.2, 0) is 11.3 Å². The topological polar surface area (TPSA) is 91.6 Å². The molecule has 136 valence electrons. The molecule has 7 heteroatoms. The number of rotatable bonds is 4. The van der Waals surface area contributed by atoms with Gasteiger partial charge in [0.05, 0.1) is 0 Å². The number of likely N-dealkylation sites (tertiary alicyclic amines) is 1. The highest BCUT2D eigenvalue weighted by Gasteiger charge is 2.37. The number of carboxylic acids is 1. The Morgan fingerprint density at radius 1 is 1.32 bits per heavy atom. The molecule has 2 amide bonds. The van der Waals surface area contributed by atoms with Crippen LogP contribution in [0.25, 0.3) is 0 Å². The van der Waals surface area contributed by atoms with Gasteiger partial charge in [0.15, 0.2) is 0 Å². The van der Waals surface area contributed by atoms with Gasteiger partial charge in [-0.1, -0.05) is 26.3 Å². The van der Waals surface area contributed by atoms with Crippen molar-refractivity contribution in [1.29, 1.82) is 0 Å². The van der Waals surface area contributed by atoms with Crippen LogP contribution in [0.1, 0.15) is 38.3 Å². The number of fused-ring (bicyclic) bond motifs is 4. The molecule has 3 heterocycles. The zero-order chi connectivity index (χ0) is 18.1. The first-order valence-corrected chi connectivity index (χ1v) is 8.88. The zero-order valence-electron chi connectivity index (χ0n) is 14.6. The highest BCUT2D eigenvalue weighted by atomic mass is 16.4. The van der Waals surface area contributed by atoms with E-state index in [0.29, 0.717) is 26.1 Å². The highest BCUT2D eigenvalue weighted by molar-refractivity contribution is 5.83. The largest absolute Gasteiger partial charge is 0.480 e. The van der Waals surface area contributed by atoms with Crippen molar-refractivity contribution in [1.82, 2.24) is 14.8 Å². The maximum Gasteiger partial charge on any atom is 0.326 e. The molecule has 2 aliphatic heterocycles. The number of aliphatic carboxylic acids is 1. The van der Waals surface area contributed by atoms with Crippen LogP contribution in [0.3, 0.4) is 0 Å². The zero-order valence-corrected chi connectivity index (χ0v) is 14.6. The summed E-state index contributed by atoms with van der Waals surface area (Å²) in [5.41, 5.74) is 0.978. The van der Waals surface area contributed by atoms with E-state index in [2.05, 4.69) is 5.32 Å². The molecule has 0 aromatic carbocycles. The van der Waals surface area contributed by atoms with Crippen molar-refractivity contribution in [2.75, 3.05) is 13.1 Å². The summed E-state index contributed by atoms with van der Waals surface area (Å²) >= 11 is 0. The molecule has 2 bridgehead atoms. The van der Waals surface area contributed by atoms with Gasteiger partial charge in [0.1, 0.15) is 6.04 Å². The average Bonchev–Trinajstić information content (AvgIpc) is 2.59. The Morgan fingerprint density at radius 2 is 2.08 bits per heavy atom. The summed E-state index contributed by atoms with van der Waals surface area (Å²) in [6.45, 7) is 5.41. The normalized spacial score (nSPS) is 24.2. The van der Waals surface area contributed by atoms with Crippen LogP contribution < -0.4 is 10.9 Å². The maximum absolute atomic E-state index is 12.6. The summed E-state index contributed by atoms with van der Waals surface area (Å²) in [7, 11) is 0. The molecule has 0 saturated carbocycles. The number of hydrogen-bond acceptors (Lipinski definition) is 3. The van der Waals surface area contributed by atoms with E-state index in [4.69, 9.17) is 0 Å². The first-order valence-electron chi connectivity index (χ1n) is 8.88. The Bertz CT molecular complexity index is 729. The summed E-state index contributed by atoms with van der Waals surface area (Å²) in [4.78, 5) is 37.8. The van der Waals surface area contributed by atoms with Gasteiger partial charge < -0.3 is 19.9 Å². The second-order valence-electron chi connectivity index (χ2n) is 7.25. The smallest absolute Gasteiger partial charge is 0.326 e. The van der Waals surface area contributed by atoms with Crippen molar-refractivity contribution in [3.05, 3.63) is 34.2 Å². The van der Waals surface area contributed by atoms with Crippen molar-refractivity contribution in [2.24, 2.45) is 11.8 Å². The molecular formula is C18H25N3O4. The first-order chi connectivity index (χ1) is 11.9. The molecule has 0 aliphatic carbocycles. The Labute approximate surface area is 146 Å². The number of carbonyl (C=O) groups excluding carboxylic acids is 1. The van der Waals surface area contributed by atoms with E-state index in [0.717, 1.165) is 12.1 Å². The van der Waals surface area contributed by atoms with Gasteiger partial charge in [-0.3, -0.25) is 4.79 Å². The number of carboxylic acid groups (broad SMARTS) is 1. The lowest BCUT2D eigenvalue weighted by Gasteiger charge is -2.43. The molecule has 1 saturated heterocycles. The molecule has 1 aromatic rings. The number of amides is 2. The third-order valence-electron chi connectivity index (χ3n) is 5.52. The van der Waals surface area contributed by atoms with Gasteiger partial charge in [-0.05, 0) is 24.3 Å². The molecule has 25 heavy (non-hydrogen) atoms. The predicted octanol–water partition coefficient (Wildman–Crippen LogP) is 1.48. The van der Waals surface area contributed by atoms with Gasteiger partial charge in [0, 0.05) is 37.3 Å². The lowest BCUT2D eigenvalue weighted by Crippen LogP contribution is -2.55. The number of aromatic nitrogens is 1. The van der Waals surface area contributed by atoms with E-state index >= 15 is 0 Å². The molecule has 1 fully saturated rings. The van der Waals surface area contributed by atoms with Gasteiger partial charge >= 0.3 is 12.0 Å². The number of hydrogen-bond donors (Lipinski definition) is 2.